The van der Waals surface area contributed by atoms with Crippen molar-refractivity contribution < 1.29 is 14.2 Å². The standard InChI is InChI=1S/C25H52O3.C3H6/c1-6-11-15-16-17-18-20-24(19-10-5)25(26-21-12-7-2,27-22-13-8-3)28-23-14-9-4;1-3-2/h24H,6-23H2,1-5H3;3H,1H2,2H3. The molecule has 0 aliphatic heterocycles. The zero-order chi connectivity index (χ0) is 23.6. The average molecular weight is 443 g/mol. The summed E-state index contributed by atoms with van der Waals surface area (Å²) in [4.78, 5) is 0. The van der Waals surface area contributed by atoms with Crippen molar-refractivity contribution in [1.29, 1.82) is 0 Å². The van der Waals surface area contributed by atoms with Crippen molar-refractivity contribution in [2.45, 2.75) is 144 Å². The molecule has 0 aromatic carbocycles. The first-order valence-corrected chi connectivity index (χ1v) is 13.6. The van der Waals surface area contributed by atoms with Crippen LogP contribution < -0.4 is 0 Å². The van der Waals surface area contributed by atoms with Crippen LogP contribution in [0.4, 0.5) is 0 Å². The molecule has 0 saturated carbocycles. The molecule has 0 spiro atoms. The molecule has 0 radical (unpaired) electrons. The summed E-state index contributed by atoms with van der Waals surface area (Å²) in [6, 6.07) is 0. The van der Waals surface area contributed by atoms with E-state index in [9.17, 15) is 0 Å². The molecule has 0 saturated heterocycles. The molecule has 0 aliphatic rings. The lowest BCUT2D eigenvalue weighted by atomic mass is 9.93. The van der Waals surface area contributed by atoms with Gasteiger partial charge in [0.2, 0.25) is 0 Å². The minimum Gasteiger partial charge on any atom is -0.327 e. The Labute approximate surface area is 196 Å². The minimum atomic E-state index is -0.834. The smallest absolute Gasteiger partial charge is 0.285 e. The lowest BCUT2D eigenvalue weighted by Crippen LogP contribution is -2.47. The number of unbranched alkanes of at least 4 members (excludes halogenated alkanes) is 8. The maximum absolute atomic E-state index is 6.43. The SMILES string of the molecule is C=CC.CCCCCCCCC(CCC)C(OCCCC)(OCCCC)OCCCC. The predicted molar refractivity (Wildman–Crippen MR) is 138 cm³/mol. The molecular weight excluding hydrogens is 384 g/mol. The van der Waals surface area contributed by atoms with Crippen LogP contribution in [0.25, 0.3) is 0 Å². The van der Waals surface area contributed by atoms with Gasteiger partial charge in [0, 0.05) is 5.92 Å². The molecule has 0 aromatic rings. The van der Waals surface area contributed by atoms with Crippen LogP contribution in [0.2, 0.25) is 0 Å². The third-order valence-electron chi connectivity index (χ3n) is 5.45. The van der Waals surface area contributed by atoms with Crippen LogP contribution in [-0.4, -0.2) is 25.8 Å². The number of rotatable bonds is 22. The van der Waals surface area contributed by atoms with E-state index in [1.807, 2.05) is 6.92 Å². The van der Waals surface area contributed by atoms with E-state index in [1.54, 1.807) is 6.08 Å². The van der Waals surface area contributed by atoms with Crippen LogP contribution in [0.3, 0.4) is 0 Å². The van der Waals surface area contributed by atoms with Gasteiger partial charge in [-0.05, 0) is 39.0 Å². The summed E-state index contributed by atoms with van der Waals surface area (Å²) in [5.41, 5.74) is 0. The van der Waals surface area contributed by atoms with Gasteiger partial charge in [0.05, 0.1) is 19.8 Å². The normalized spacial score (nSPS) is 12.3. The van der Waals surface area contributed by atoms with Crippen LogP contribution >= 0.6 is 0 Å². The highest BCUT2D eigenvalue weighted by Crippen LogP contribution is 2.35. The molecule has 0 rings (SSSR count). The number of ether oxygens (including phenoxy) is 3. The Hall–Kier alpha value is -0.380. The average Bonchev–Trinajstić information content (AvgIpc) is 2.76. The van der Waals surface area contributed by atoms with Crippen LogP contribution in [0, 0.1) is 5.92 Å². The number of allylic oxidation sites excluding steroid dienone is 1. The predicted octanol–water partition coefficient (Wildman–Crippen LogP) is 9.45. The van der Waals surface area contributed by atoms with Gasteiger partial charge in [-0.2, -0.15) is 0 Å². The van der Waals surface area contributed by atoms with Gasteiger partial charge in [-0.15, -0.1) is 6.58 Å². The maximum atomic E-state index is 6.43. The first kappa shape index (κ1) is 32.8. The topological polar surface area (TPSA) is 27.7 Å². The van der Waals surface area contributed by atoms with E-state index < -0.39 is 5.97 Å². The molecule has 1 atom stereocenters. The zero-order valence-electron chi connectivity index (χ0n) is 22.3. The Morgan fingerprint density at radius 1 is 0.581 bits per heavy atom. The van der Waals surface area contributed by atoms with Gasteiger partial charge >= 0.3 is 0 Å². The molecule has 0 amide bonds. The fourth-order valence-corrected chi connectivity index (χ4v) is 3.57. The molecule has 0 bridgehead atoms. The van der Waals surface area contributed by atoms with Crippen LogP contribution in [0.1, 0.15) is 138 Å². The molecule has 31 heavy (non-hydrogen) atoms. The van der Waals surface area contributed by atoms with E-state index in [2.05, 4.69) is 41.2 Å². The molecule has 0 aromatic heterocycles. The Bertz CT molecular complexity index is 317. The number of hydrogen-bond acceptors (Lipinski definition) is 3. The lowest BCUT2D eigenvalue weighted by Gasteiger charge is -2.40. The maximum Gasteiger partial charge on any atom is 0.285 e. The van der Waals surface area contributed by atoms with Gasteiger partial charge in [-0.25, -0.2) is 0 Å². The Morgan fingerprint density at radius 2 is 0.968 bits per heavy atom. The first-order valence-electron chi connectivity index (χ1n) is 13.6. The minimum absolute atomic E-state index is 0.328. The van der Waals surface area contributed by atoms with E-state index in [4.69, 9.17) is 14.2 Å². The van der Waals surface area contributed by atoms with E-state index in [-0.39, 0.29) is 0 Å². The Balaban J connectivity index is 0. The highest BCUT2D eigenvalue weighted by Gasteiger charge is 2.41. The summed E-state index contributed by atoms with van der Waals surface area (Å²) < 4.78 is 19.3. The lowest BCUT2D eigenvalue weighted by molar-refractivity contribution is -0.407. The van der Waals surface area contributed by atoms with Crippen molar-refractivity contribution in [3.8, 4) is 0 Å². The molecule has 3 nitrogen and oxygen atoms in total. The molecule has 1 unspecified atom stereocenters. The second-order valence-electron chi connectivity index (χ2n) is 8.66. The first-order chi connectivity index (χ1) is 15.1. The van der Waals surface area contributed by atoms with Gasteiger partial charge in [0.25, 0.3) is 5.97 Å². The van der Waals surface area contributed by atoms with Gasteiger partial charge in [0.15, 0.2) is 0 Å². The van der Waals surface area contributed by atoms with Crippen molar-refractivity contribution in [2.75, 3.05) is 19.8 Å². The molecule has 3 heteroatoms. The summed E-state index contributed by atoms with van der Waals surface area (Å²) in [5, 5.41) is 0. The zero-order valence-corrected chi connectivity index (χ0v) is 22.3. The van der Waals surface area contributed by atoms with Gasteiger partial charge in [-0.1, -0.05) is 105 Å². The fourth-order valence-electron chi connectivity index (χ4n) is 3.57. The van der Waals surface area contributed by atoms with E-state index in [0.717, 1.165) is 77.6 Å². The molecule has 0 N–H and O–H groups in total. The highest BCUT2D eigenvalue weighted by molar-refractivity contribution is 4.73. The van der Waals surface area contributed by atoms with E-state index >= 15 is 0 Å². The fraction of sp³-hybridized carbons (Fsp3) is 0.929. The molecule has 0 heterocycles. The third kappa shape index (κ3) is 18.9. The summed E-state index contributed by atoms with van der Waals surface area (Å²) in [7, 11) is 0. The summed E-state index contributed by atoms with van der Waals surface area (Å²) in [5.74, 6) is -0.506. The van der Waals surface area contributed by atoms with Gasteiger partial charge in [0.1, 0.15) is 0 Å². The molecule has 0 aliphatic carbocycles. The van der Waals surface area contributed by atoms with Crippen molar-refractivity contribution >= 4 is 0 Å². The Morgan fingerprint density at radius 3 is 1.35 bits per heavy atom. The van der Waals surface area contributed by atoms with E-state index in [0.29, 0.717) is 5.92 Å². The summed E-state index contributed by atoms with van der Waals surface area (Å²) >= 11 is 0. The van der Waals surface area contributed by atoms with E-state index in [1.165, 1.54) is 38.5 Å². The van der Waals surface area contributed by atoms with Crippen LogP contribution in [0.15, 0.2) is 12.7 Å². The second-order valence-corrected chi connectivity index (χ2v) is 8.66. The number of hydrogen-bond donors (Lipinski definition) is 0. The highest BCUT2D eigenvalue weighted by atomic mass is 16.9. The second kappa shape index (κ2) is 25.9. The van der Waals surface area contributed by atoms with Crippen LogP contribution in [-0.2, 0) is 14.2 Å². The summed E-state index contributed by atoms with van der Waals surface area (Å²) in [6.45, 7) is 18.6. The molecule has 0 fully saturated rings. The van der Waals surface area contributed by atoms with Gasteiger partial charge < -0.3 is 14.2 Å². The monoisotopic (exact) mass is 442 g/mol. The molecular formula is C28H58O3. The Kier molecular flexibility index (Phi) is 27.4. The quantitative estimate of drug-likeness (QED) is 0.0949. The summed E-state index contributed by atoms with van der Waals surface area (Å²) in [6.07, 6.45) is 19.7. The van der Waals surface area contributed by atoms with Crippen molar-refractivity contribution in [1.82, 2.24) is 0 Å². The molecule has 188 valence electrons. The van der Waals surface area contributed by atoms with Crippen molar-refractivity contribution in [2.24, 2.45) is 5.92 Å². The third-order valence-corrected chi connectivity index (χ3v) is 5.45. The van der Waals surface area contributed by atoms with Crippen molar-refractivity contribution in [3.63, 3.8) is 0 Å². The van der Waals surface area contributed by atoms with Gasteiger partial charge in [-0.3, -0.25) is 0 Å². The van der Waals surface area contributed by atoms with Crippen LogP contribution in [0.5, 0.6) is 0 Å². The van der Waals surface area contributed by atoms with Crippen molar-refractivity contribution in [3.05, 3.63) is 12.7 Å². The largest absolute Gasteiger partial charge is 0.327 e.